The molecule has 2 N–H and O–H groups in total. The van der Waals surface area contributed by atoms with E-state index in [2.05, 4.69) is 15.7 Å². The second kappa shape index (κ2) is 7.76. The first-order valence-corrected chi connectivity index (χ1v) is 8.96. The Morgan fingerprint density at radius 1 is 1.38 bits per heavy atom. The van der Waals surface area contributed by atoms with Gasteiger partial charge >= 0.3 is 5.97 Å². The largest absolute Gasteiger partial charge is 0.465 e. The molecule has 6 nitrogen and oxygen atoms in total. The van der Waals surface area contributed by atoms with Crippen molar-refractivity contribution in [3.05, 3.63) is 27.9 Å². The first-order valence-electron chi connectivity index (χ1n) is 7.73. The molecule has 24 heavy (non-hydrogen) atoms. The molecule has 0 aliphatic heterocycles. The van der Waals surface area contributed by atoms with Gasteiger partial charge in [0, 0.05) is 17.6 Å². The summed E-state index contributed by atoms with van der Waals surface area (Å²) in [7, 11) is 1.39. The lowest BCUT2D eigenvalue weighted by atomic mass is 10.1. The molecule has 2 heterocycles. The highest BCUT2D eigenvalue weighted by molar-refractivity contribution is 7.80. The number of anilines is 2. The molecular formula is C16H22N4O2S2. The van der Waals surface area contributed by atoms with Crippen molar-refractivity contribution < 1.29 is 9.53 Å². The van der Waals surface area contributed by atoms with Crippen LogP contribution < -0.4 is 10.6 Å². The van der Waals surface area contributed by atoms with E-state index in [1.54, 1.807) is 0 Å². The van der Waals surface area contributed by atoms with Gasteiger partial charge in [-0.15, -0.1) is 11.3 Å². The summed E-state index contributed by atoms with van der Waals surface area (Å²) in [6.07, 6.45) is 2.67. The Kier molecular flexibility index (Phi) is 5.95. The van der Waals surface area contributed by atoms with Gasteiger partial charge in [-0.2, -0.15) is 5.10 Å². The molecule has 0 spiro atoms. The lowest BCUT2D eigenvalue weighted by molar-refractivity contribution is 0.0601. The quantitative estimate of drug-likeness (QED) is 0.621. The predicted octanol–water partition coefficient (Wildman–Crippen LogP) is 3.74. The van der Waals surface area contributed by atoms with Crippen LogP contribution in [-0.2, 0) is 17.7 Å². The SMILES string of the molecule is CCc1c(C)sc(NC(=S)Nc2cn(CC)nc2C)c1C(=O)OC. The zero-order valence-electron chi connectivity index (χ0n) is 14.5. The zero-order chi connectivity index (χ0) is 17.9. The van der Waals surface area contributed by atoms with E-state index in [0.29, 0.717) is 15.7 Å². The summed E-state index contributed by atoms with van der Waals surface area (Å²) in [6, 6.07) is 0. The fourth-order valence-corrected chi connectivity index (χ4v) is 3.88. The molecule has 0 atom stereocenters. The second-order valence-electron chi connectivity index (χ2n) is 5.25. The van der Waals surface area contributed by atoms with Crippen LogP contribution in [0.3, 0.4) is 0 Å². The van der Waals surface area contributed by atoms with Crippen molar-refractivity contribution in [3.63, 3.8) is 0 Å². The second-order valence-corrected chi connectivity index (χ2v) is 6.88. The number of esters is 1. The highest BCUT2D eigenvalue weighted by Gasteiger charge is 2.22. The number of rotatable bonds is 5. The van der Waals surface area contributed by atoms with Crippen LogP contribution in [-0.4, -0.2) is 28.0 Å². The Morgan fingerprint density at radius 2 is 2.08 bits per heavy atom. The molecule has 0 aliphatic carbocycles. The normalized spacial score (nSPS) is 10.5. The highest BCUT2D eigenvalue weighted by atomic mass is 32.1. The van der Waals surface area contributed by atoms with E-state index in [4.69, 9.17) is 17.0 Å². The van der Waals surface area contributed by atoms with Crippen LogP contribution in [0.4, 0.5) is 10.7 Å². The van der Waals surface area contributed by atoms with Crippen molar-refractivity contribution in [2.75, 3.05) is 17.7 Å². The van der Waals surface area contributed by atoms with E-state index in [-0.39, 0.29) is 5.97 Å². The van der Waals surface area contributed by atoms with Crippen LogP contribution >= 0.6 is 23.6 Å². The minimum absolute atomic E-state index is 0.350. The van der Waals surface area contributed by atoms with Crippen LogP contribution in [0.1, 0.15) is 40.3 Å². The maximum Gasteiger partial charge on any atom is 0.341 e. The number of aromatic nitrogens is 2. The molecule has 130 valence electrons. The molecule has 0 radical (unpaired) electrons. The maximum absolute atomic E-state index is 12.1. The van der Waals surface area contributed by atoms with Crippen LogP contribution in [0.15, 0.2) is 6.20 Å². The van der Waals surface area contributed by atoms with Gasteiger partial charge in [-0.3, -0.25) is 4.68 Å². The predicted molar refractivity (Wildman–Crippen MR) is 102 cm³/mol. The number of ether oxygens (including phenoxy) is 1. The summed E-state index contributed by atoms with van der Waals surface area (Å²) in [5.41, 5.74) is 3.27. The summed E-state index contributed by atoms with van der Waals surface area (Å²) in [4.78, 5) is 13.2. The number of carbonyl (C=O) groups is 1. The molecule has 0 bridgehead atoms. The van der Waals surface area contributed by atoms with Crippen LogP contribution in [0.25, 0.3) is 0 Å². The lowest BCUT2D eigenvalue weighted by Gasteiger charge is -2.10. The van der Waals surface area contributed by atoms with Gasteiger partial charge in [0.05, 0.1) is 24.1 Å². The van der Waals surface area contributed by atoms with Crippen LogP contribution in [0.5, 0.6) is 0 Å². The molecule has 0 saturated heterocycles. The molecule has 2 aromatic heterocycles. The number of thiophene rings is 1. The lowest BCUT2D eigenvalue weighted by Crippen LogP contribution is -2.20. The Labute approximate surface area is 151 Å². The molecule has 0 aliphatic rings. The molecular weight excluding hydrogens is 344 g/mol. The third-order valence-corrected chi connectivity index (χ3v) is 4.96. The Bertz CT molecular complexity index is 764. The van der Waals surface area contributed by atoms with E-state index in [1.807, 2.05) is 38.6 Å². The van der Waals surface area contributed by atoms with Gasteiger partial charge in [-0.25, -0.2) is 4.79 Å². The highest BCUT2D eigenvalue weighted by Crippen LogP contribution is 2.34. The van der Waals surface area contributed by atoms with E-state index in [9.17, 15) is 4.79 Å². The zero-order valence-corrected chi connectivity index (χ0v) is 16.2. The van der Waals surface area contributed by atoms with Gasteiger partial charge in [0.1, 0.15) is 5.00 Å². The molecule has 0 aromatic carbocycles. The van der Waals surface area contributed by atoms with Gasteiger partial charge in [-0.05, 0) is 45.0 Å². The first-order chi connectivity index (χ1) is 11.4. The molecule has 0 fully saturated rings. The Balaban J connectivity index is 2.22. The fraction of sp³-hybridized carbons (Fsp3) is 0.438. The third-order valence-electron chi connectivity index (χ3n) is 3.70. The van der Waals surface area contributed by atoms with Crippen molar-refractivity contribution >= 4 is 45.3 Å². The van der Waals surface area contributed by atoms with Gasteiger partial charge in [0.25, 0.3) is 0 Å². The van der Waals surface area contributed by atoms with E-state index < -0.39 is 0 Å². The minimum Gasteiger partial charge on any atom is -0.465 e. The summed E-state index contributed by atoms with van der Waals surface area (Å²) in [6.45, 7) is 8.74. The number of thiocarbonyl (C=S) groups is 1. The molecule has 2 rings (SSSR count). The number of hydrogen-bond acceptors (Lipinski definition) is 5. The van der Waals surface area contributed by atoms with Crippen molar-refractivity contribution in [3.8, 4) is 0 Å². The molecule has 0 unspecified atom stereocenters. The number of carbonyl (C=O) groups excluding carboxylic acids is 1. The minimum atomic E-state index is -0.350. The van der Waals surface area contributed by atoms with Gasteiger partial charge in [0.2, 0.25) is 0 Å². The molecule has 0 amide bonds. The van der Waals surface area contributed by atoms with Crippen molar-refractivity contribution in [1.29, 1.82) is 0 Å². The number of hydrogen-bond donors (Lipinski definition) is 2. The molecule has 2 aromatic rings. The van der Waals surface area contributed by atoms with Crippen molar-refractivity contribution in [2.24, 2.45) is 0 Å². The Morgan fingerprint density at radius 3 is 2.62 bits per heavy atom. The summed E-state index contributed by atoms with van der Waals surface area (Å²) >= 11 is 6.89. The van der Waals surface area contributed by atoms with Crippen molar-refractivity contribution in [1.82, 2.24) is 9.78 Å². The summed E-state index contributed by atoms with van der Waals surface area (Å²) in [5.74, 6) is -0.350. The van der Waals surface area contributed by atoms with Gasteiger partial charge < -0.3 is 15.4 Å². The topological polar surface area (TPSA) is 68.2 Å². The number of nitrogens with zero attached hydrogens (tertiary/aromatic N) is 2. The van der Waals surface area contributed by atoms with Gasteiger partial charge in [0.15, 0.2) is 5.11 Å². The van der Waals surface area contributed by atoms with E-state index in [0.717, 1.165) is 34.8 Å². The first kappa shape index (κ1) is 18.4. The summed E-state index contributed by atoms with van der Waals surface area (Å²) < 4.78 is 6.76. The van der Waals surface area contributed by atoms with Gasteiger partial charge in [-0.1, -0.05) is 6.92 Å². The van der Waals surface area contributed by atoms with E-state index >= 15 is 0 Å². The van der Waals surface area contributed by atoms with Crippen LogP contribution in [0, 0.1) is 13.8 Å². The average molecular weight is 367 g/mol. The average Bonchev–Trinajstić information content (AvgIpc) is 3.06. The standard InChI is InChI=1S/C16H22N4O2S2/c1-6-11-10(4)24-14(13(11)15(21)22-5)18-16(23)17-12-8-20(7-2)19-9(12)3/h8H,6-7H2,1-5H3,(H2,17,18,23). The fourth-order valence-electron chi connectivity index (χ4n) is 2.47. The van der Waals surface area contributed by atoms with E-state index in [1.165, 1.54) is 18.4 Å². The van der Waals surface area contributed by atoms with Crippen LogP contribution in [0.2, 0.25) is 0 Å². The number of nitrogens with one attached hydrogen (secondary N) is 2. The monoisotopic (exact) mass is 366 g/mol. The molecule has 8 heteroatoms. The smallest absolute Gasteiger partial charge is 0.341 e. The number of methoxy groups -OCH3 is 1. The number of aryl methyl sites for hydroxylation is 3. The molecule has 0 saturated carbocycles. The maximum atomic E-state index is 12.1. The summed E-state index contributed by atoms with van der Waals surface area (Å²) in [5, 5.41) is 11.8. The van der Waals surface area contributed by atoms with Crippen molar-refractivity contribution in [2.45, 2.75) is 40.7 Å². The third kappa shape index (κ3) is 3.76. The Hall–Kier alpha value is -1.93.